The molecule has 0 aliphatic carbocycles. The summed E-state index contributed by atoms with van der Waals surface area (Å²) in [6.07, 6.45) is 0.946. The van der Waals surface area contributed by atoms with Crippen molar-refractivity contribution < 1.29 is 23.3 Å². The van der Waals surface area contributed by atoms with Crippen molar-refractivity contribution in [3.05, 3.63) is 42.2 Å². The van der Waals surface area contributed by atoms with E-state index >= 15 is 0 Å². The van der Waals surface area contributed by atoms with E-state index in [1.165, 1.54) is 0 Å². The van der Waals surface area contributed by atoms with E-state index in [2.05, 4.69) is 9.05 Å². The maximum Gasteiger partial charge on any atom is 0.586 e. The van der Waals surface area contributed by atoms with Crippen molar-refractivity contribution in [3.63, 3.8) is 0 Å². The van der Waals surface area contributed by atoms with E-state index in [1.807, 2.05) is 0 Å². The Morgan fingerprint density at radius 2 is 1.87 bits per heavy atom. The van der Waals surface area contributed by atoms with Crippen molar-refractivity contribution in [1.82, 2.24) is 0 Å². The third kappa shape index (κ3) is 2.09. The van der Waals surface area contributed by atoms with Gasteiger partial charge in [0.25, 0.3) is 0 Å². The number of rotatable bonds is 1. The van der Waals surface area contributed by atoms with Crippen molar-refractivity contribution in [2.45, 2.75) is 0 Å². The summed E-state index contributed by atoms with van der Waals surface area (Å²) in [6.45, 7) is 0. The molecule has 15 heavy (non-hydrogen) atoms. The molecule has 1 aliphatic rings. The monoisotopic (exact) mass is 226 g/mol. The Bertz CT molecular complexity index is 465. The average Bonchev–Trinajstić information content (AvgIpc) is 2.17. The minimum atomic E-state index is -4.23. The lowest BCUT2D eigenvalue weighted by atomic mass is 10.1. The molecule has 1 unspecified atom stereocenters. The van der Waals surface area contributed by atoms with Crippen LogP contribution >= 0.6 is 7.82 Å². The van der Waals surface area contributed by atoms with Gasteiger partial charge in [-0.3, -0.25) is 4.89 Å². The third-order valence-electron chi connectivity index (χ3n) is 1.81. The van der Waals surface area contributed by atoms with Gasteiger partial charge in [0, 0.05) is 0 Å². The van der Waals surface area contributed by atoms with Gasteiger partial charge in [0.15, 0.2) is 0 Å². The first-order chi connectivity index (χ1) is 7.08. The van der Waals surface area contributed by atoms with Gasteiger partial charge >= 0.3 is 13.8 Å². The van der Waals surface area contributed by atoms with Crippen LogP contribution in [0.4, 0.5) is 0 Å². The molecule has 0 radical (unpaired) electrons. The zero-order chi connectivity index (χ0) is 10.9. The second kappa shape index (κ2) is 3.53. The predicted octanol–water partition coefficient (Wildman–Crippen LogP) is 1.70. The fourth-order valence-electron chi connectivity index (χ4n) is 1.15. The number of carbonyl (C=O) groups excluding carboxylic acids is 1. The molecule has 1 aromatic rings. The molecule has 0 saturated carbocycles. The summed E-state index contributed by atoms with van der Waals surface area (Å²) in [6, 6.07) is 8.59. The van der Waals surface area contributed by atoms with Crippen molar-refractivity contribution in [1.29, 1.82) is 0 Å². The molecule has 2 rings (SSSR count). The molecule has 1 heterocycles. The molecule has 6 heteroatoms. The van der Waals surface area contributed by atoms with Crippen LogP contribution in [0, 0.1) is 0 Å². The van der Waals surface area contributed by atoms with Gasteiger partial charge in [0.1, 0.15) is 11.8 Å². The highest BCUT2D eigenvalue weighted by atomic mass is 31.2. The standard InChI is InChI=1S/C9H7O5P/c10-9-8(6-13-15(11,12)14-9)7-4-2-1-3-5-7/h1-6H,(H,11,12). The highest BCUT2D eigenvalue weighted by Crippen LogP contribution is 2.48. The number of hydrogen-bond acceptors (Lipinski definition) is 4. The molecule has 1 N–H and O–H groups in total. The van der Waals surface area contributed by atoms with Crippen LogP contribution in [0.1, 0.15) is 5.56 Å². The Morgan fingerprint density at radius 3 is 2.47 bits per heavy atom. The fraction of sp³-hybridized carbons (Fsp3) is 0. The minimum absolute atomic E-state index is 0.121. The molecule has 0 fully saturated rings. The first-order valence-electron chi connectivity index (χ1n) is 4.09. The zero-order valence-corrected chi connectivity index (χ0v) is 8.39. The van der Waals surface area contributed by atoms with Crippen LogP contribution in [0.3, 0.4) is 0 Å². The maximum atomic E-state index is 11.3. The molecule has 0 amide bonds. The normalized spacial score (nSPS) is 25.1. The molecule has 1 aromatic carbocycles. The molecular weight excluding hydrogens is 219 g/mol. The first kappa shape index (κ1) is 9.96. The first-order valence-corrected chi connectivity index (χ1v) is 5.59. The van der Waals surface area contributed by atoms with Gasteiger partial charge in [-0.25, -0.2) is 9.36 Å². The molecule has 78 valence electrons. The van der Waals surface area contributed by atoms with Crippen molar-refractivity contribution in [2.75, 3.05) is 0 Å². The molecule has 0 bridgehead atoms. The van der Waals surface area contributed by atoms with Crippen LogP contribution < -0.4 is 0 Å². The number of hydrogen-bond donors (Lipinski definition) is 1. The second-order valence-electron chi connectivity index (χ2n) is 2.85. The molecule has 1 atom stereocenters. The van der Waals surface area contributed by atoms with Crippen molar-refractivity contribution in [3.8, 4) is 0 Å². The van der Waals surface area contributed by atoms with Crippen LogP contribution in [0.5, 0.6) is 0 Å². The highest BCUT2D eigenvalue weighted by Gasteiger charge is 2.33. The third-order valence-corrected chi connectivity index (χ3v) is 2.58. The van der Waals surface area contributed by atoms with Crippen LogP contribution in [0.2, 0.25) is 0 Å². The Labute approximate surface area is 85.6 Å². The van der Waals surface area contributed by atoms with E-state index < -0.39 is 13.8 Å². The molecule has 0 aromatic heterocycles. The van der Waals surface area contributed by atoms with E-state index in [-0.39, 0.29) is 5.57 Å². The van der Waals surface area contributed by atoms with Gasteiger partial charge in [-0.2, -0.15) is 0 Å². The smallest absolute Gasteiger partial charge is 0.402 e. The van der Waals surface area contributed by atoms with Gasteiger partial charge in [0.05, 0.1) is 0 Å². The van der Waals surface area contributed by atoms with E-state index in [0.29, 0.717) is 5.56 Å². The number of carbonyl (C=O) groups is 1. The molecular formula is C9H7O5P. The number of phosphoric acid groups is 1. The molecule has 0 saturated heterocycles. The zero-order valence-electron chi connectivity index (χ0n) is 7.49. The van der Waals surface area contributed by atoms with Gasteiger partial charge < -0.3 is 9.05 Å². The lowest BCUT2D eigenvalue weighted by Crippen LogP contribution is -2.11. The van der Waals surface area contributed by atoms with E-state index in [1.54, 1.807) is 30.3 Å². The summed E-state index contributed by atoms with van der Waals surface area (Å²) in [5.74, 6) is -0.863. The van der Waals surface area contributed by atoms with Crippen LogP contribution in [-0.2, 0) is 18.4 Å². The summed E-state index contributed by atoms with van der Waals surface area (Å²) in [7, 11) is -4.23. The highest BCUT2D eigenvalue weighted by molar-refractivity contribution is 7.48. The summed E-state index contributed by atoms with van der Waals surface area (Å²) in [5.41, 5.74) is 0.693. The van der Waals surface area contributed by atoms with Crippen LogP contribution in [-0.4, -0.2) is 10.9 Å². The topological polar surface area (TPSA) is 72.8 Å². The Kier molecular flexibility index (Phi) is 2.34. The van der Waals surface area contributed by atoms with Crippen molar-refractivity contribution >= 4 is 19.4 Å². The molecule has 0 spiro atoms. The van der Waals surface area contributed by atoms with Crippen molar-refractivity contribution in [2.24, 2.45) is 0 Å². The Morgan fingerprint density at radius 1 is 1.20 bits per heavy atom. The van der Waals surface area contributed by atoms with E-state index in [0.717, 1.165) is 6.26 Å². The summed E-state index contributed by atoms with van der Waals surface area (Å²) < 4.78 is 19.5. The Hall–Kier alpha value is -1.58. The van der Waals surface area contributed by atoms with Gasteiger partial charge in [0.2, 0.25) is 0 Å². The lowest BCUT2D eigenvalue weighted by Gasteiger charge is -2.16. The fourth-order valence-corrected chi connectivity index (χ4v) is 1.74. The van der Waals surface area contributed by atoms with E-state index in [9.17, 15) is 9.36 Å². The van der Waals surface area contributed by atoms with Crippen LogP contribution in [0.25, 0.3) is 5.57 Å². The SMILES string of the molecule is O=C1OP(=O)(O)OC=C1c1ccccc1. The lowest BCUT2D eigenvalue weighted by molar-refractivity contribution is -0.130. The van der Waals surface area contributed by atoms with Gasteiger partial charge in [-0.05, 0) is 5.56 Å². The Balaban J connectivity index is 2.37. The minimum Gasteiger partial charge on any atom is -0.402 e. The summed E-state index contributed by atoms with van der Waals surface area (Å²) in [5, 5.41) is 0. The quantitative estimate of drug-likeness (QED) is 0.737. The van der Waals surface area contributed by atoms with E-state index in [4.69, 9.17) is 4.89 Å². The average molecular weight is 226 g/mol. The van der Waals surface area contributed by atoms with Gasteiger partial charge in [-0.1, -0.05) is 30.3 Å². The molecule has 5 nitrogen and oxygen atoms in total. The number of benzene rings is 1. The number of phosphoric ester groups is 1. The van der Waals surface area contributed by atoms with Crippen LogP contribution in [0.15, 0.2) is 36.6 Å². The summed E-state index contributed by atoms with van der Waals surface area (Å²) in [4.78, 5) is 20.2. The maximum absolute atomic E-state index is 11.3. The van der Waals surface area contributed by atoms with Gasteiger partial charge in [-0.15, -0.1) is 0 Å². The summed E-state index contributed by atoms with van der Waals surface area (Å²) >= 11 is 0. The molecule has 1 aliphatic heterocycles. The largest absolute Gasteiger partial charge is 0.586 e. The predicted molar refractivity (Wildman–Crippen MR) is 51.4 cm³/mol. The second-order valence-corrected chi connectivity index (χ2v) is 4.18.